The van der Waals surface area contributed by atoms with E-state index in [0.717, 1.165) is 31.4 Å². The van der Waals surface area contributed by atoms with E-state index in [1.807, 2.05) is 0 Å². The quantitative estimate of drug-likeness (QED) is 0.541. The Morgan fingerprint density at radius 3 is 2.93 bits per heavy atom. The van der Waals surface area contributed by atoms with Crippen LogP contribution in [0.4, 0.5) is 4.79 Å². The molecule has 0 aromatic rings. The summed E-state index contributed by atoms with van der Waals surface area (Å²) >= 11 is 0. The third-order valence-corrected chi connectivity index (χ3v) is 2.45. The molecule has 0 aliphatic heterocycles. The first-order valence-corrected chi connectivity index (χ1v) is 5.55. The van der Waals surface area contributed by atoms with E-state index in [1.165, 1.54) is 18.4 Å². The van der Waals surface area contributed by atoms with E-state index < -0.39 is 6.03 Å². The van der Waals surface area contributed by atoms with Crippen LogP contribution in [0, 0.1) is 0 Å². The van der Waals surface area contributed by atoms with Gasteiger partial charge in [-0.05, 0) is 37.7 Å². The third kappa shape index (κ3) is 4.14. The molecule has 1 aliphatic carbocycles. The van der Waals surface area contributed by atoms with E-state index in [1.54, 1.807) is 0 Å². The van der Waals surface area contributed by atoms with Crippen molar-refractivity contribution in [2.45, 2.75) is 45.4 Å². The summed E-state index contributed by atoms with van der Waals surface area (Å²) in [5.74, 6) is 0. The van der Waals surface area contributed by atoms with Gasteiger partial charge in [0.15, 0.2) is 0 Å². The summed E-state index contributed by atoms with van der Waals surface area (Å²) in [4.78, 5) is 10.6. The van der Waals surface area contributed by atoms with Crippen LogP contribution in [0.5, 0.6) is 0 Å². The molecule has 0 saturated heterocycles. The van der Waals surface area contributed by atoms with Crippen LogP contribution in [0.2, 0.25) is 0 Å². The first kappa shape index (κ1) is 11.8. The number of hydrazone groups is 1. The molecule has 4 heteroatoms. The molecule has 2 amide bonds. The predicted molar refractivity (Wildman–Crippen MR) is 61.6 cm³/mol. The fourth-order valence-corrected chi connectivity index (χ4v) is 1.75. The van der Waals surface area contributed by atoms with Gasteiger partial charge in [-0.25, -0.2) is 10.2 Å². The van der Waals surface area contributed by atoms with Gasteiger partial charge >= 0.3 is 6.03 Å². The lowest BCUT2D eigenvalue weighted by Gasteiger charge is -2.14. The lowest BCUT2D eigenvalue weighted by Crippen LogP contribution is -2.26. The molecule has 0 radical (unpaired) electrons. The number of primary amides is 1. The lowest BCUT2D eigenvalue weighted by atomic mass is 9.94. The zero-order valence-corrected chi connectivity index (χ0v) is 9.25. The highest BCUT2D eigenvalue weighted by Crippen LogP contribution is 2.20. The molecular weight excluding hydrogens is 190 g/mol. The maximum atomic E-state index is 10.6. The van der Waals surface area contributed by atoms with E-state index in [0.29, 0.717) is 0 Å². The molecule has 0 bridgehead atoms. The summed E-state index contributed by atoms with van der Waals surface area (Å²) in [7, 11) is 0. The molecule has 84 valence electrons. The summed E-state index contributed by atoms with van der Waals surface area (Å²) in [6, 6.07) is -0.597. The molecule has 3 N–H and O–H groups in total. The van der Waals surface area contributed by atoms with Crippen molar-refractivity contribution < 1.29 is 4.79 Å². The van der Waals surface area contributed by atoms with Crippen LogP contribution in [0.25, 0.3) is 0 Å². The zero-order valence-electron chi connectivity index (χ0n) is 9.25. The summed E-state index contributed by atoms with van der Waals surface area (Å²) in [5.41, 5.74) is 9.56. The predicted octanol–water partition coefficient (Wildman–Crippen LogP) is 2.31. The van der Waals surface area contributed by atoms with Crippen molar-refractivity contribution >= 4 is 11.7 Å². The minimum Gasteiger partial charge on any atom is -0.350 e. The van der Waals surface area contributed by atoms with Crippen molar-refractivity contribution in [3.8, 4) is 0 Å². The van der Waals surface area contributed by atoms with Crippen molar-refractivity contribution in [1.82, 2.24) is 5.43 Å². The number of carbonyl (C=O) groups excluding carboxylic acids is 1. The Kier molecular flexibility index (Phi) is 4.87. The van der Waals surface area contributed by atoms with Crippen molar-refractivity contribution in [2.24, 2.45) is 10.8 Å². The highest BCUT2D eigenvalue weighted by Gasteiger charge is 2.10. The Labute approximate surface area is 90.6 Å². The van der Waals surface area contributed by atoms with Crippen molar-refractivity contribution in [1.29, 1.82) is 0 Å². The van der Waals surface area contributed by atoms with Gasteiger partial charge in [0.05, 0.1) is 5.71 Å². The third-order valence-electron chi connectivity index (χ3n) is 2.45. The molecule has 0 spiro atoms. The molecule has 0 heterocycles. The van der Waals surface area contributed by atoms with E-state index in [4.69, 9.17) is 5.73 Å². The van der Waals surface area contributed by atoms with Crippen LogP contribution >= 0.6 is 0 Å². The molecule has 0 unspecified atom stereocenters. The highest BCUT2D eigenvalue weighted by atomic mass is 16.2. The van der Waals surface area contributed by atoms with E-state index >= 15 is 0 Å². The molecule has 1 aliphatic rings. The molecule has 0 fully saturated rings. The number of hydrogen-bond acceptors (Lipinski definition) is 2. The number of nitrogens with zero attached hydrogens (tertiary/aromatic N) is 1. The summed E-state index contributed by atoms with van der Waals surface area (Å²) in [5, 5.41) is 4.06. The van der Waals surface area contributed by atoms with E-state index in [2.05, 4.69) is 23.5 Å². The number of hydrogen-bond donors (Lipinski definition) is 2. The van der Waals surface area contributed by atoms with Gasteiger partial charge in [0, 0.05) is 0 Å². The Bertz CT molecular complexity index is 282. The number of carbonyl (C=O) groups is 1. The van der Waals surface area contributed by atoms with Gasteiger partial charge in [0.2, 0.25) is 0 Å². The lowest BCUT2D eigenvalue weighted by molar-refractivity contribution is 0.249. The Morgan fingerprint density at radius 2 is 2.40 bits per heavy atom. The van der Waals surface area contributed by atoms with Gasteiger partial charge in [-0.15, -0.1) is 0 Å². The van der Waals surface area contributed by atoms with E-state index in [9.17, 15) is 4.79 Å². The van der Waals surface area contributed by atoms with Gasteiger partial charge in [-0.3, -0.25) is 0 Å². The van der Waals surface area contributed by atoms with Gasteiger partial charge in [0.25, 0.3) is 0 Å². The SMILES string of the molecule is CCC/C(=N/NC(N)=O)C1=CCCCC1. The average molecular weight is 209 g/mol. The van der Waals surface area contributed by atoms with Gasteiger partial charge in [0.1, 0.15) is 0 Å². The van der Waals surface area contributed by atoms with Crippen LogP contribution in [0.3, 0.4) is 0 Å². The number of rotatable bonds is 4. The molecule has 0 aromatic carbocycles. The normalized spacial score (nSPS) is 17.1. The zero-order chi connectivity index (χ0) is 11.1. The van der Waals surface area contributed by atoms with Crippen molar-refractivity contribution in [2.75, 3.05) is 0 Å². The molecule has 4 nitrogen and oxygen atoms in total. The Hall–Kier alpha value is -1.32. The molecule has 0 atom stereocenters. The van der Waals surface area contributed by atoms with Crippen LogP contribution in [0.15, 0.2) is 16.8 Å². The van der Waals surface area contributed by atoms with Gasteiger partial charge < -0.3 is 5.73 Å². The van der Waals surface area contributed by atoms with Crippen LogP contribution in [-0.2, 0) is 0 Å². The maximum Gasteiger partial charge on any atom is 0.332 e. The second-order valence-electron chi connectivity index (χ2n) is 3.76. The number of amides is 2. The molecule has 1 rings (SSSR count). The molecule has 15 heavy (non-hydrogen) atoms. The molecule has 0 aromatic heterocycles. The fourth-order valence-electron chi connectivity index (χ4n) is 1.75. The standard InChI is InChI=1S/C11H19N3O/c1-2-6-10(13-14-11(12)15)9-7-4-3-5-8-9/h7H,2-6,8H2,1H3,(H3,12,14,15)/b13-10-. The Morgan fingerprint density at radius 1 is 1.60 bits per heavy atom. The monoisotopic (exact) mass is 209 g/mol. The minimum atomic E-state index is -0.597. The summed E-state index contributed by atoms with van der Waals surface area (Å²) < 4.78 is 0. The fraction of sp³-hybridized carbons (Fsp3) is 0.636. The minimum absolute atomic E-state index is 0.597. The summed E-state index contributed by atoms with van der Waals surface area (Å²) in [6.45, 7) is 2.10. The largest absolute Gasteiger partial charge is 0.350 e. The van der Waals surface area contributed by atoms with Crippen molar-refractivity contribution in [3.05, 3.63) is 11.6 Å². The average Bonchev–Trinajstić information content (AvgIpc) is 2.25. The van der Waals surface area contributed by atoms with Crippen LogP contribution in [0.1, 0.15) is 45.4 Å². The number of nitrogens with two attached hydrogens (primary N) is 1. The van der Waals surface area contributed by atoms with Crippen LogP contribution in [-0.4, -0.2) is 11.7 Å². The number of nitrogens with one attached hydrogen (secondary N) is 1. The second-order valence-corrected chi connectivity index (χ2v) is 3.76. The summed E-state index contributed by atoms with van der Waals surface area (Å²) in [6.07, 6.45) is 8.80. The van der Waals surface area contributed by atoms with Gasteiger partial charge in [-0.2, -0.15) is 5.10 Å². The second kappa shape index (κ2) is 6.22. The molecule has 0 saturated carbocycles. The van der Waals surface area contributed by atoms with Gasteiger partial charge in [-0.1, -0.05) is 19.4 Å². The van der Waals surface area contributed by atoms with Crippen LogP contribution < -0.4 is 11.2 Å². The first-order valence-electron chi connectivity index (χ1n) is 5.55. The molecular formula is C11H19N3O. The topological polar surface area (TPSA) is 67.5 Å². The first-order chi connectivity index (χ1) is 7.24. The highest BCUT2D eigenvalue weighted by molar-refractivity contribution is 6.00. The maximum absolute atomic E-state index is 10.6. The van der Waals surface area contributed by atoms with Crippen molar-refractivity contribution in [3.63, 3.8) is 0 Å². The number of allylic oxidation sites excluding steroid dienone is 2. The number of urea groups is 1. The smallest absolute Gasteiger partial charge is 0.332 e. The van der Waals surface area contributed by atoms with E-state index in [-0.39, 0.29) is 0 Å². The Balaban J connectivity index is 2.67.